The number of rotatable bonds is 9. The minimum Gasteiger partial charge on any atom is -0.494 e. The molecular weight excluding hydrogens is 565 g/mol. The zero-order valence-corrected chi connectivity index (χ0v) is 20.7. The van der Waals surface area contributed by atoms with E-state index in [9.17, 15) is 14.9 Å². The molecule has 9 nitrogen and oxygen atoms in total. The maximum absolute atomic E-state index is 12.4. The van der Waals surface area contributed by atoms with Gasteiger partial charge in [-0.1, -0.05) is 0 Å². The molecule has 4 aromatic rings. The molecule has 1 amide bonds. The summed E-state index contributed by atoms with van der Waals surface area (Å²) in [6.45, 7) is 2.73. The number of carbonyl (C=O) groups excluding carboxylic acids is 1. The van der Waals surface area contributed by atoms with Crippen molar-refractivity contribution in [3.8, 4) is 11.5 Å². The lowest BCUT2D eigenvalue weighted by Gasteiger charge is -2.09. The van der Waals surface area contributed by atoms with Crippen molar-refractivity contribution in [1.82, 2.24) is 5.43 Å². The molecule has 0 saturated heterocycles. The Bertz CT molecular complexity index is 1400. The van der Waals surface area contributed by atoms with Gasteiger partial charge in [0.25, 0.3) is 5.69 Å². The summed E-state index contributed by atoms with van der Waals surface area (Å²) in [5.41, 5.74) is 4.67. The summed E-state index contributed by atoms with van der Waals surface area (Å²) in [6, 6.07) is 18.7. The van der Waals surface area contributed by atoms with Gasteiger partial charge in [-0.15, -0.1) is 0 Å². The zero-order chi connectivity index (χ0) is 24.8. The van der Waals surface area contributed by atoms with E-state index in [4.69, 9.17) is 13.9 Å². The molecule has 0 fully saturated rings. The molecule has 0 aliphatic carbocycles. The fourth-order valence-corrected chi connectivity index (χ4v) is 3.89. The van der Waals surface area contributed by atoms with E-state index in [2.05, 4.69) is 33.1 Å². The molecule has 0 radical (unpaired) electrons. The van der Waals surface area contributed by atoms with Gasteiger partial charge in [0.05, 0.1) is 21.3 Å². The van der Waals surface area contributed by atoms with E-state index in [0.717, 1.165) is 20.1 Å². The Labute approximate surface area is 214 Å². The number of non-ortho nitro benzene ring substituents is 1. The van der Waals surface area contributed by atoms with Crippen molar-refractivity contribution in [2.24, 2.45) is 5.10 Å². The van der Waals surface area contributed by atoms with Crippen molar-refractivity contribution in [1.29, 1.82) is 0 Å². The molecule has 1 aromatic heterocycles. The number of benzene rings is 3. The van der Waals surface area contributed by atoms with Crippen LogP contribution in [0.4, 0.5) is 5.69 Å². The van der Waals surface area contributed by atoms with Gasteiger partial charge in [0.15, 0.2) is 5.76 Å². The fraction of sp³-hybridized carbons (Fsp3) is 0.120. The largest absolute Gasteiger partial charge is 0.494 e. The SMILES string of the molecule is CCOc1ccc2oc(C(=O)N/N=C/c3ccc(OCc4ccc([N+](=O)[O-])cc4)c(I)c3)cc2c1. The van der Waals surface area contributed by atoms with Crippen LogP contribution in [0.2, 0.25) is 0 Å². The van der Waals surface area contributed by atoms with E-state index in [-0.39, 0.29) is 18.1 Å². The van der Waals surface area contributed by atoms with Crippen molar-refractivity contribution < 1.29 is 23.6 Å². The number of nitro groups is 1. The van der Waals surface area contributed by atoms with Crippen molar-refractivity contribution in [2.75, 3.05) is 6.61 Å². The number of carbonyl (C=O) groups is 1. The first-order valence-corrected chi connectivity index (χ1v) is 11.7. The first-order valence-electron chi connectivity index (χ1n) is 10.6. The number of furan rings is 1. The fourth-order valence-electron chi connectivity index (χ4n) is 3.20. The molecule has 0 unspecified atom stereocenters. The number of ether oxygens (including phenoxy) is 2. The second kappa shape index (κ2) is 11.0. The maximum Gasteiger partial charge on any atom is 0.307 e. The summed E-state index contributed by atoms with van der Waals surface area (Å²) in [6.07, 6.45) is 1.52. The number of nitrogens with zero attached hydrogens (tertiary/aromatic N) is 2. The molecule has 0 spiro atoms. The molecule has 10 heteroatoms. The van der Waals surface area contributed by atoms with Crippen LogP contribution in [0.15, 0.2) is 76.2 Å². The lowest BCUT2D eigenvalue weighted by molar-refractivity contribution is -0.384. The molecule has 0 atom stereocenters. The average Bonchev–Trinajstić information content (AvgIpc) is 3.28. The second-order valence-electron chi connectivity index (χ2n) is 7.34. The summed E-state index contributed by atoms with van der Waals surface area (Å²) >= 11 is 2.14. The van der Waals surface area contributed by atoms with E-state index in [1.54, 1.807) is 42.5 Å². The Hall–Kier alpha value is -3.93. The predicted molar refractivity (Wildman–Crippen MR) is 139 cm³/mol. The molecule has 0 bridgehead atoms. The maximum atomic E-state index is 12.4. The number of hydrazone groups is 1. The highest BCUT2D eigenvalue weighted by atomic mass is 127. The number of hydrogen-bond donors (Lipinski definition) is 1. The Morgan fingerprint density at radius 1 is 1.11 bits per heavy atom. The van der Waals surface area contributed by atoms with Gasteiger partial charge >= 0.3 is 5.91 Å². The normalized spacial score (nSPS) is 11.0. The third kappa shape index (κ3) is 6.15. The van der Waals surface area contributed by atoms with Gasteiger partial charge in [0, 0.05) is 17.5 Å². The third-order valence-corrected chi connectivity index (χ3v) is 5.74. The molecule has 1 N–H and O–H groups in total. The third-order valence-electron chi connectivity index (χ3n) is 4.90. The van der Waals surface area contributed by atoms with Crippen molar-refractivity contribution in [2.45, 2.75) is 13.5 Å². The van der Waals surface area contributed by atoms with Crippen LogP contribution in [0.25, 0.3) is 11.0 Å². The second-order valence-corrected chi connectivity index (χ2v) is 8.51. The van der Waals surface area contributed by atoms with Crippen LogP contribution in [0, 0.1) is 13.7 Å². The molecule has 35 heavy (non-hydrogen) atoms. The number of amides is 1. The predicted octanol–water partition coefficient (Wildman–Crippen LogP) is 5.69. The van der Waals surface area contributed by atoms with E-state index < -0.39 is 10.8 Å². The number of hydrogen-bond acceptors (Lipinski definition) is 7. The highest BCUT2D eigenvalue weighted by Crippen LogP contribution is 2.25. The van der Waals surface area contributed by atoms with Crippen LogP contribution in [0.5, 0.6) is 11.5 Å². The van der Waals surface area contributed by atoms with Gasteiger partial charge in [-0.2, -0.15) is 5.10 Å². The van der Waals surface area contributed by atoms with Crippen LogP contribution >= 0.6 is 22.6 Å². The summed E-state index contributed by atoms with van der Waals surface area (Å²) in [5, 5.41) is 15.5. The van der Waals surface area contributed by atoms with Crippen LogP contribution in [-0.4, -0.2) is 23.7 Å². The van der Waals surface area contributed by atoms with Gasteiger partial charge in [-0.05, 0) is 95.2 Å². The van der Waals surface area contributed by atoms with Crippen molar-refractivity contribution in [3.63, 3.8) is 0 Å². The molecular formula is C25H20IN3O6. The first-order chi connectivity index (χ1) is 16.9. The molecule has 3 aromatic carbocycles. The lowest BCUT2D eigenvalue weighted by atomic mass is 10.2. The topological polar surface area (TPSA) is 116 Å². The number of nitro benzene ring substituents is 1. The number of halogens is 1. The highest BCUT2D eigenvalue weighted by molar-refractivity contribution is 14.1. The standard InChI is InChI=1S/C25H20IN3O6/c1-2-33-20-8-10-22-18(12-20)13-24(35-22)25(30)28-27-14-17-5-9-23(21(26)11-17)34-15-16-3-6-19(7-4-16)29(31)32/h3-14H,2,15H2,1H3,(H,28,30)/b27-14+. The van der Waals surface area contributed by atoms with Crippen LogP contribution in [0.3, 0.4) is 0 Å². The van der Waals surface area contributed by atoms with Crippen LogP contribution < -0.4 is 14.9 Å². The molecule has 1 heterocycles. The van der Waals surface area contributed by atoms with Crippen molar-refractivity contribution in [3.05, 3.63) is 97.3 Å². The van der Waals surface area contributed by atoms with E-state index in [0.29, 0.717) is 23.7 Å². The minimum atomic E-state index is -0.465. The zero-order valence-electron chi connectivity index (χ0n) is 18.6. The summed E-state index contributed by atoms with van der Waals surface area (Å²) < 4.78 is 17.7. The highest BCUT2D eigenvalue weighted by Gasteiger charge is 2.12. The first kappa shape index (κ1) is 24.2. The monoisotopic (exact) mass is 585 g/mol. The summed E-state index contributed by atoms with van der Waals surface area (Å²) in [7, 11) is 0. The van der Waals surface area contributed by atoms with Crippen LogP contribution in [-0.2, 0) is 6.61 Å². The van der Waals surface area contributed by atoms with Gasteiger partial charge in [-0.3, -0.25) is 14.9 Å². The van der Waals surface area contributed by atoms with E-state index in [1.807, 2.05) is 19.1 Å². The minimum absolute atomic E-state index is 0.0371. The smallest absolute Gasteiger partial charge is 0.307 e. The van der Waals surface area contributed by atoms with E-state index in [1.165, 1.54) is 18.3 Å². The Morgan fingerprint density at radius 2 is 1.91 bits per heavy atom. The summed E-state index contributed by atoms with van der Waals surface area (Å²) in [4.78, 5) is 22.7. The van der Waals surface area contributed by atoms with E-state index >= 15 is 0 Å². The lowest BCUT2D eigenvalue weighted by Crippen LogP contribution is -2.16. The molecule has 178 valence electrons. The van der Waals surface area contributed by atoms with Gasteiger partial charge < -0.3 is 13.9 Å². The Kier molecular flexibility index (Phi) is 7.60. The summed E-state index contributed by atoms with van der Waals surface area (Å²) in [5.74, 6) is 1.06. The Morgan fingerprint density at radius 3 is 2.63 bits per heavy atom. The van der Waals surface area contributed by atoms with Gasteiger partial charge in [0.1, 0.15) is 23.7 Å². The molecule has 0 aliphatic rings. The van der Waals surface area contributed by atoms with Gasteiger partial charge in [-0.25, -0.2) is 5.43 Å². The van der Waals surface area contributed by atoms with Crippen molar-refractivity contribution >= 4 is 51.4 Å². The number of fused-ring (bicyclic) bond motifs is 1. The number of nitrogens with one attached hydrogen (secondary N) is 1. The molecule has 4 rings (SSSR count). The van der Waals surface area contributed by atoms with Crippen LogP contribution in [0.1, 0.15) is 28.6 Å². The Balaban J connectivity index is 1.34. The average molecular weight is 585 g/mol. The quantitative estimate of drug-likeness (QED) is 0.117. The molecule has 0 saturated carbocycles. The van der Waals surface area contributed by atoms with Gasteiger partial charge in [0.2, 0.25) is 0 Å². The molecule has 0 aliphatic heterocycles.